The molecule has 0 radical (unpaired) electrons. The van der Waals surface area contributed by atoms with Gasteiger partial charge in [0.1, 0.15) is 5.75 Å². The number of H-pyrrole nitrogens is 1. The summed E-state index contributed by atoms with van der Waals surface area (Å²) in [6.07, 6.45) is 6.27. The first kappa shape index (κ1) is 21.6. The zero-order valence-corrected chi connectivity index (χ0v) is 17.9. The molecule has 1 N–H and O–H groups in total. The number of para-hydroxylation sites is 1. The molecule has 1 aromatic heterocycles. The lowest BCUT2D eigenvalue weighted by Crippen LogP contribution is -2.08. The highest BCUT2D eigenvalue weighted by Gasteiger charge is 2.11. The highest BCUT2D eigenvalue weighted by atomic mass is 32.1. The van der Waals surface area contributed by atoms with Gasteiger partial charge in [0.05, 0.1) is 18.4 Å². The van der Waals surface area contributed by atoms with Gasteiger partial charge in [-0.05, 0) is 36.3 Å². The summed E-state index contributed by atoms with van der Waals surface area (Å²) in [5, 5.41) is 11.3. The van der Waals surface area contributed by atoms with Crippen LogP contribution in [0.2, 0.25) is 0 Å². The minimum absolute atomic E-state index is 0.243. The first-order valence-electron chi connectivity index (χ1n) is 10.2. The van der Waals surface area contributed by atoms with E-state index in [4.69, 9.17) is 17.0 Å². The van der Waals surface area contributed by atoms with Crippen LogP contribution in [0.3, 0.4) is 0 Å². The maximum absolute atomic E-state index is 12.8. The van der Waals surface area contributed by atoms with E-state index in [1.807, 2.05) is 48.5 Å². The molecule has 0 unspecified atom stereocenters. The van der Waals surface area contributed by atoms with Crippen LogP contribution >= 0.6 is 12.2 Å². The maximum atomic E-state index is 12.8. The van der Waals surface area contributed by atoms with Gasteiger partial charge in [0.2, 0.25) is 10.6 Å². The van der Waals surface area contributed by atoms with Crippen LogP contribution in [0.4, 0.5) is 0 Å². The van der Waals surface area contributed by atoms with Crippen molar-refractivity contribution in [2.45, 2.75) is 39.0 Å². The molecule has 3 rings (SSSR count). The quantitative estimate of drug-likeness (QED) is 0.199. The third kappa shape index (κ3) is 5.97. The number of benzene rings is 2. The molecule has 7 heteroatoms. The average Bonchev–Trinajstić information content (AvgIpc) is 3.12. The molecule has 3 aromatic rings. The lowest BCUT2D eigenvalue weighted by molar-refractivity contribution is 0.106. The number of ether oxygens (including phenoxy) is 1. The number of rotatable bonds is 11. The summed E-state index contributed by atoms with van der Waals surface area (Å²) < 4.78 is 7.66. The van der Waals surface area contributed by atoms with Crippen molar-refractivity contribution in [2.75, 3.05) is 6.61 Å². The summed E-state index contributed by atoms with van der Waals surface area (Å²) >= 11 is 5.27. The Bertz CT molecular complexity index is 1040. The van der Waals surface area contributed by atoms with Crippen LogP contribution in [0.15, 0.2) is 59.7 Å². The van der Waals surface area contributed by atoms with E-state index in [0.717, 1.165) is 18.4 Å². The van der Waals surface area contributed by atoms with Crippen molar-refractivity contribution in [3.63, 3.8) is 0 Å². The first-order valence-corrected chi connectivity index (χ1v) is 10.6. The topological polar surface area (TPSA) is 72.3 Å². The minimum Gasteiger partial charge on any atom is -0.493 e. The second kappa shape index (κ2) is 11.2. The van der Waals surface area contributed by atoms with Gasteiger partial charge in [-0.25, -0.2) is 0 Å². The lowest BCUT2D eigenvalue weighted by atomic mass is 10.1. The molecule has 2 aromatic carbocycles. The van der Waals surface area contributed by atoms with Crippen molar-refractivity contribution in [3.05, 3.63) is 76.3 Å². The van der Waals surface area contributed by atoms with E-state index in [0.29, 0.717) is 34.9 Å². The van der Waals surface area contributed by atoms with E-state index >= 15 is 0 Å². The molecular weight excluding hydrogens is 396 g/mol. The zero-order valence-electron chi connectivity index (χ0n) is 17.1. The monoisotopic (exact) mass is 422 g/mol. The average molecular weight is 423 g/mol. The third-order valence-corrected chi connectivity index (χ3v) is 4.89. The van der Waals surface area contributed by atoms with Crippen LogP contribution < -0.4 is 4.74 Å². The van der Waals surface area contributed by atoms with Crippen LogP contribution in [0.1, 0.15) is 54.4 Å². The fourth-order valence-corrected chi connectivity index (χ4v) is 3.22. The summed E-state index contributed by atoms with van der Waals surface area (Å²) in [5.41, 5.74) is 1.56. The normalized spacial score (nSPS) is 11.1. The van der Waals surface area contributed by atoms with E-state index in [1.54, 1.807) is 6.07 Å². The lowest BCUT2D eigenvalue weighted by Gasteiger charge is -2.09. The second-order valence-corrected chi connectivity index (χ2v) is 7.32. The Morgan fingerprint density at radius 2 is 1.90 bits per heavy atom. The predicted octanol–water partition coefficient (Wildman–Crippen LogP) is 5.21. The number of ketones is 1. The molecule has 0 amide bonds. The van der Waals surface area contributed by atoms with E-state index in [-0.39, 0.29) is 5.78 Å². The Balaban J connectivity index is 1.71. The zero-order chi connectivity index (χ0) is 21.2. The summed E-state index contributed by atoms with van der Waals surface area (Å²) in [6.45, 7) is 2.77. The van der Waals surface area contributed by atoms with Gasteiger partial charge in [-0.2, -0.15) is 14.9 Å². The Morgan fingerprint density at radius 1 is 1.13 bits per heavy atom. The molecule has 0 aliphatic rings. The van der Waals surface area contributed by atoms with E-state index in [1.165, 1.54) is 23.7 Å². The SMILES string of the molecule is CCCCCCOc1ccccc1C(=O)/C=N\n1c(Cc2ccccc2)n[nH]c1=S. The number of aromatic amines is 1. The molecule has 0 saturated heterocycles. The summed E-state index contributed by atoms with van der Waals surface area (Å²) in [5.74, 6) is 0.967. The molecule has 1 heterocycles. The Morgan fingerprint density at radius 3 is 2.70 bits per heavy atom. The van der Waals surface area contributed by atoms with Crippen molar-refractivity contribution >= 4 is 24.2 Å². The Labute approximate surface area is 181 Å². The van der Waals surface area contributed by atoms with Gasteiger partial charge in [0, 0.05) is 6.42 Å². The summed E-state index contributed by atoms with van der Waals surface area (Å²) in [7, 11) is 0. The van der Waals surface area contributed by atoms with Crippen molar-refractivity contribution in [2.24, 2.45) is 5.10 Å². The van der Waals surface area contributed by atoms with Gasteiger partial charge in [-0.15, -0.1) is 0 Å². The largest absolute Gasteiger partial charge is 0.493 e. The van der Waals surface area contributed by atoms with Gasteiger partial charge < -0.3 is 4.74 Å². The van der Waals surface area contributed by atoms with E-state index in [2.05, 4.69) is 22.2 Å². The van der Waals surface area contributed by atoms with Gasteiger partial charge in [-0.1, -0.05) is 68.7 Å². The van der Waals surface area contributed by atoms with E-state index < -0.39 is 0 Å². The fraction of sp³-hybridized carbons (Fsp3) is 0.304. The highest BCUT2D eigenvalue weighted by Crippen LogP contribution is 2.19. The van der Waals surface area contributed by atoms with E-state index in [9.17, 15) is 4.79 Å². The molecule has 0 bridgehead atoms. The number of hydrogen-bond acceptors (Lipinski definition) is 5. The van der Waals surface area contributed by atoms with Gasteiger partial charge in [0.25, 0.3) is 0 Å². The number of unbranched alkanes of at least 4 members (excludes halogenated alkanes) is 3. The number of nitrogens with one attached hydrogen (secondary N) is 1. The molecule has 0 aliphatic heterocycles. The second-order valence-electron chi connectivity index (χ2n) is 6.93. The molecule has 30 heavy (non-hydrogen) atoms. The van der Waals surface area contributed by atoms with Crippen molar-refractivity contribution in [1.29, 1.82) is 0 Å². The number of hydrogen-bond donors (Lipinski definition) is 1. The van der Waals surface area contributed by atoms with Gasteiger partial charge >= 0.3 is 0 Å². The highest BCUT2D eigenvalue weighted by molar-refractivity contribution is 7.71. The van der Waals surface area contributed by atoms with Gasteiger partial charge in [0.15, 0.2) is 5.82 Å². The molecule has 6 nitrogen and oxygen atoms in total. The van der Waals surface area contributed by atoms with Crippen molar-refractivity contribution in [3.8, 4) is 5.75 Å². The first-order chi connectivity index (χ1) is 14.7. The van der Waals surface area contributed by atoms with Crippen LogP contribution in [0.5, 0.6) is 5.75 Å². The maximum Gasteiger partial charge on any atom is 0.216 e. The van der Waals surface area contributed by atoms with Gasteiger partial charge in [-0.3, -0.25) is 9.89 Å². The van der Waals surface area contributed by atoms with Crippen LogP contribution in [0, 0.1) is 4.77 Å². The van der Waals surface area contributed by atoms with Crippen LogP contribution in [-0.2, 0) is 6.42 Å². The Kier molecular flexibility index (Phi) is 8.09. The predicted molar refractivity (Wildman–Crippen MR) is 121 cm³/mol. The summed E-state index contributed by atoms with van der Waals surface area (Å²) in [4.78, 5) is 12.8. The Hall–Kier alpha value is -3.06. The number of Topliss-reactive ketones (excluding diaryl/α,β-unsaturated/α-hetero) is 1. The molecule has 0 aliphatic carbocycles. The number of nitrogens with zero attached hydrogens (tertiary/aromatic N) is 3. The standard InChI is InChI=1S/C23H26N4O2S/c1-2-3-4-10-15-29-21-14-9-8-13-19(21)20(28)17-24-27-22(25-26-23(27)30)16-18-11-6-5-7-12-18/h5-9,11-14,17H,2-4,10,15-16H2,1H3,(H,26,30)/b24-17-. The number of carbonyl (C=O) groups is 1. The molecule has 0 spiro atoms. The molecule has 0 saturated carbocycles. The van der Waals surface area contributed by atoms with Crippen LogP contribution in [-0.4, -0.2) is 33.5 Å². The number of aromatic nitrogens is 3. The van der Waals surface area contributed by atoms with Crippen molar-refractivity contribution < 1.29 is 9.53 Å². The van der Waals surface area contributed by atoms with Crippen molar-refractivity contribution in [1.82, 2.24) is 14.9 Å². The molecule has 156 valence electrons. The smallest absolute Gasteiger partial charge is 0.216 e. The minimum atomic E-state index is -0.243. The molecule has 0 fully saturated rings. The number of carbonyl (C=O) groups excluding carboxylic acids is 1. The third-order valence-electron chi connectivity index (χ3n) is 4.62. The summed E-state index contributed by atoms with van der Waals surface area (Å²) in [6, 6.07) is 17.1. The molecule has 0 atom stereocenters. The molecular formula is C23H26N4O2S. The van der Waals surface area contributed by atoms with Crippen LogP contribution in [0.25, 0.3) is 0 Å². The fourth-order valence-electron chi connectivity index (χ4n) is 3.02.